The van der Waals surface area contributed by atoms with E-state index in [0.717, 1.165) is 18.4 Å². The van der Waals surface area contributed by atoms with Gasteiger partial charge < -0.3 is 15.5 Å². The van der Waals surface area contributed by atoms with E-state index in [1.165, 1.54) is 0 Å². The number of hydrogen-bond acceptors (Lipinski definition) is 3. The first-order chi connectivity index (χ1) is 11.5. The molecule has 0 radical (unpaired) electrons. The molecular formula is C17H20ClN3O3. The third kappa shape index (κ3) is 3.70. The molecule has 1 aliphatic heterocycles. The fourth-order valence-corrected chi connectivity index (χ4v) is 2.98. The fraction of sp³-hybridized carbons (Fsp3) is 0.471. The molecule has 1 saturated carbocycles. The van der Waals surface area contributed by atoms with Crippen LogP contribution in [0.3, 0.4) is 0 Å². The van der Waals surface area contributed by atoms with Crippen LogP contribution in [0, 0.1) is 12.8 Å². The van der Waals surface area contributed by atoms with Crippen molar-refractivity contribution in [2.24, 2.45) is 5.92 Å². The second-order valence-corrected chi connectivity index (χ2v) is 6.74. The minimum atomic E-state index is -0.743. The lowest BCUT2D eigenvalue weighted by atomic mass is 10.1. The molecule has 1 atom stereocenters. The molecular weight excluding hydrogens is 330 g/mol. The van der Waals surface area contributed by atoms with E-state index in [1.54, 1.807) is 17.0 Å². The number of rotatable bonds is 4. The lowest BCUT2D eigenvalue weighted by molar-refractivity contribution is -0.145. The summed E-state index contributed by atoms with van der Waals surface area (Å²) in [5.74, 6) is -0.573. The molecule has 1 aromatic rings. The van der Waals surface area contributed by atoms with E-state index in [2.05, 4.69) is 10.6 Å². The monoisotopic (exact) mass is 349 g/mol. The van der Waals surface area contributed by atoms with Gasteiger partial charge >= 0.3 is 0 Å². The van der Waals surface area contributed by atoms with Crippen LogP contribution < -0.4 is 10.6 Å². The average molecular weight is 350 g/mol. The molecule has 128 valence electrons. The van der Waals surface area contributed by atoms with Crippen molar-refractivity contribution in [2.45, 2.75) is 32.2 Å². The molecule has 1 aromatic carbocycles. The van der Waals surface area contributed by atoms with Crippen LogP contribution in [0.5, 0.6) is 0 Å². The van der Waals surface area contributed by atoms with Gasteiger partial charge in [0.05, 0.1) is 6.42 Å². The van der Waals surface area contributed by atoms with E-state index in [-0.39, 0.29) is 30.1 Å². The molecule has 3 amide bonds. The Morgan fingerprint density at radius 1 is 1.38 bits per heavy atom. The maximum Gasteiger partial charge on any atom is 0.243 e. The van der Waals surface area contributed by atoms with Crippen molar-refractivity contribution < 1.29 is 14.4 Å². The normalized spacial score (nSPS) is 20.5. The quantitative estimate of drug-likeness (QED) is 0.868. The molecule has 2 fully saturated rings. The highest BCUT2D eigenvalue weighted by atomic mass is 35.5. The Hall–Kier alpha value is -2.08. The average Bonchev–Trinajstić information content (AvgIpc) is 3.37. The molecule has 2 N–H and O–H groups in total. The third-order valence-corrected chi connectivity index (χ3v) is 4.78. The van der Waals surface area contributed by atoms with Crippen molar-refractivity contribution in [1.82, 2.24) is 10.2 Å². The predicted octanol–water partition coefficient (Wildman–Crippen LogP) is 1.71. The van der Waals surface area contributed by atoms with E-state index in [1.807, 2.05) is 13.0 Å². The van der Waals surface area contributed by atoms with Crippen molar-refractivity contribution in [2.75, 3.05) is 18.4 Å². The van der Waals surface area contributed by atoms with Crippen molar-refractivity contribution in [3.63, 3.8) is 0 Å². The first-order valence-electron chi connectivity index (χ1n) is 8.10. The van der Waals surface area contributed by atoms with Gasteiger partial charge in [-0.05, 0) is 37.5 Å². The number of carbonyl (C=O) groups is 3. The predicted molar refractivity (Wildman–Crippen MR) is 90.7 cm³/mol. The summed E-state index contributed by atoms with van der Waals surface area (Å²) in [7, 11) is 0. The number of hydrogen-bond donors (Lipinski definition) is 2. The number of amides is 3. The summed E-state index contributed by atoms with van der Waals surface area (Å²) < 4.78 is 0. The second-order valence-electron chi connectivity index (χ2n) is 6.33. The van der Waals surface area contributed by atoms with Crippen LogP contribution in [0.4, 0.5) is 5.69 Å². The Morgan fingerprint density at radius 3 is 2.79 bits per heavy atom. The van der Waals surface area contributed by atoms with Gasteiger partial charge in [-0.15, -0.1) is 0 Å². The Balaban J connectivity index is 1.66. The van der Waals surface area contributed by atoms with Gasteiger partial charge in [-0.1, -0.05) is 17.7 Å². The number of anilines is 1. The molecule has 24 heavy (non-hydrogen) atoms. The number of benzene rings is 1. The van der Waals surface area contributed by atoms with Crippen LogP contribution in [0.2, 0.25) is 5.02 Å². The summed E-state index contributed by atoms with van der Waals surface area (Å²) in [6.45, 7) is 2.76. The standard InChI is InChI=1S/C17H20ClN3O3/c1-10-2-5-12(8-13(10)18)20-15(22)9-14-16(23)19-6-7-21(14)17(24)11-3-4-11/h2,5,8,11,14H,3-4,6-7,9H2,1H3,(H,19,23)(H,20,22). The van der Waals surface area contributed by atoms with Gasteiger partial charge in [0, 0.05) is 29.7 Å². The first kappa shape index (κ1) is 16.8. The molecule has 1 unspecified atom stereocenters. The van der Waals surface area contributed by atoms with Crippen molar-refractivity contribution >= 4 is 35.0 Å². The van der Waals surface area contributed by atoms with Crippen LogP contribution in [-0.4, -0.2) is 41.8 Å². The molecule has 0 bridgehead atoms. The van der Waals surface area contributed by atoms with E-state index >= 15 is 0 Å². The number of carbonyl (C=O) groups excluding carboxylic acids is 3. The summed E-state index contributed by atoms with van der Waals surface area (Å²) in [5, 5.41) is 6.03. The van der Waals surface area contributed by atoms with Crippen LogP contribution in [0.15, 0.2) is 18.2 Å². The summed E-state index contributed by atoms with van der Waals surface area (Å²) in [6, 6.07) is 4.50. The van der Waals surface area contributed by atoms with E-state index in [9.17, 15) is 14.4 Å². The summed E-state index contributed by atoms with van der Waals surface area (Å²) in [4.78, 5) is 38.3. The Labute approximate surface area is 145 Å². The van der Waals surface area contributed by atoms with Gasteiger partial charge in [-0.2, -0.15) is 0 Å². The molecule has 1 heterocycles. The van der Waals surface area contributed by atoms with Gasteiger partial charge in [-0.3, -0.25) is 14.4 Å². The third-order valence-electron chi connectivity index (χ3n) is 4.37. The second kappa shape index (κ2) is 6.81. The molecule has 2 aliphatic rings. The summed E-state index contributed by atoms with van der Waals surface area (Å²) >= 11 is 6.05. The molecule has 0 spiro atoms. The Bertz CT molecular complexity index is 688. The maximum atomic E-state index is 12.3. The molecule has 7 heteroatoms. The van der Waals surface area contributed by atoms with Crippen molar-refractivity contribution in [1.29, 1.82) is 0 Å². The van der Waals surface area contributed by atoms with Gasteiger partial charge in [0.1, 0.15) is 6.04 Å². The van der Waals surface area contributed by atoms with Crippen LogP contribution in [-0.2, 0) is 14.4 Å². The molecule has 0 aromatic heterocycles. The first-order valence-corrected chi connectivity index (χ1v) is 8.47. The van der Waals surface area contributed by atoms with E-state index < -0.39 is 6.04 Å². The van der Waals surface area contributed by atoms with Gasteiger partial charge in [0.25, 0.3) is 0 Å². The highest BCUT2D eigenvalue weighted by molar-refractivity contribution is 6.31. The largest absolute Gasteiger partial charge is 0.353 e. The van der Waals surface area contributed by atoms with E-state index in [0.29, 0.717) is 23.8 Å². The number of nitrogens with one attached hydrogen (secondary N) is 2. The van der Waals surface area contributed by atoms with Crippen LogP contribution in [0.25, 0.3) is 0 Å². The van der Waals surface area contributed by atoms with Gasteiger partial charge in [-0.25, -0.2) is 0 Å². The fourth-order valence-electron chi connectivity index (χ4n) is 2.80. The Morgan fingerprint density at radius 2 is 2.12 bits per heavy atom. The van der Waals surface area contributed by atoms with Gasteiger partial charge in [0.15, 0.2) is 0 Å². The minimum Gasteiger partial charge on any atom is -0.353 e. The molecule has 1 aliphatic carbocycles. The smallest absolute Gasteiger partial charge is 0.243 e. The van der Waals surface area contributed by atoms with Crippen molar-refractivity contribution in [3.05, 3.63) is 28.8 Å². The minimum absolute atomic E-state index is 0.0129. The lowest BCUT2D eigenvalue weighted by Gasteiger charge is -2.34. The van der Waals surface area contributed by atoms with Crippen LogP contribution in [0.1, 0.15) is 24.8 Å². The highest BCUT2D eigenvalue weighted by Crippen LogP contribution is 2.32. The molecule has 3 rings (SSSR count). The summed E-state index contributed by atoms with van der Waals surface area (Å²) in [5.41, 5.74) is 1.49. The molecule has 6 nitrogen and oxygen atoms in total. The topological polar surface area (TPSA) is 78.5 Å². The van der Waals surface area contributed by atoms with Gasteiger partial charge in [0.2, 0.25) is 17.7 Å². The Kier molecular flexibility index (Phi) is 4.76. The van der Waals surface area contributed by atoms with E-state index in [4.69, 9.17) is 11.6 Å². The van der Waals surface area contributed by atoms with Crippen LogP contribution >= 0.6 is 11.6 Å². The number of halogens is 1. The zero-order valence-electron chi connectivity index (χ0n) is 13.5. The number of piperazine rings is 1. The molecule has 1 saturated heterocycles. The maximum absolute atomic E-state index is 12.3. The lowest BCUT2D eigenvalue weighted by Crippen LogP contribution is -2.58. The van der Waals surface area contributed by atoms with Crippen molar-refractivity contribution in [3.8, 4) is 0 Å². The number of aryl methyl sites for hydroxylation is 1. The summed E-state index contributed by atoms with van der Waals surface area (Å²) in [6.07, 6.45) is 1.69. The SMILES string of the molecule is Cc1ccc(NC(=O)CC2C(=O)NCCN2C(=O)C2CC2)cc1Cl. The highest BCUT2D eigenvalue weighted by Gasteiger charge is 2.40. The zero-order valence-corrected chi connectivity index (χ0v) is 14.2. The zero-order chi connectivity index (χ0) is 17.3. The number of nitrogens with zero attached hydrogens (tertiary/aromatic N) is 1.